The maximum Gasteiger partial charge on any atom is 0.306 e. The summed E-state index contributed by atoms with van der Waals surface area (Å²) in [6.45, 7) is 2.01. The first-order valence-electron chi connectivity index (χ1n) is 4.03. The molecular weight excluding hydrogens is 288 g/mol. The minimum Gasteiger partial charge on any atom is -0.481 e. The van der Waals surface area contributed by atoms with Crippen LogP contribution in [-0.2, 0) is 4.79 Å². The fourth-order valence-electron chi connectivity index (χ4n) is 1.63. The molecule has 0 aromatic heterocycles. The molecule has 1 N–H and O–H groups in total. The summed E-state index contributed by atoms with van der Waals surface area (Å²) in [6.07, 6.45) is 1.67. The fraction of sp³-hybridized carbons (Fsp3) is 0.875. The second kappa shape index (κ2) is 4.09. The first-order chi connectivity index (χ1) is 5.52. The topological polar surface area (TPSA) is 37.3 Å². The van der Waals surface area contributed by atoms with Gasteiger partial charge >= 0.3 is 5.97 Å². The van der Waals surface area contributed by atoms with Crippen molar-refractivity contribution >= 4 is 37.8 Å². The standard InChI is InChI=1S/C8H12Br2O2/c1-4-2-6(9)7(10)3-5(4)8(11)12/h4-7H,2-3H2,1H3,(H,11,12). The Bertz CT molecular complexity index is 184. The van der Waals surface area contributed by atoms with Crippen molar-refractivity contribution in [2.24, 2.45) is 11.8 Å². The third-order valence-electron chi connectivity index (χ3n) is 2.47. The van der Waals surface area contributed by atoms with Crippen LogP contribution in [0.1, 0.15) is 19.8 Å². The van der Waals surface area contributed by atoms with E-state index in [-0.39, 0.29) is 11.8 Å². The summed E-state index contributed by atoms with van der Waals surface area (Å²) in [6, 6.07) is 0. The second-order valence-corrected chi connectivity index (χ2v) is 5.78. The Labute approximate surface area is 89.0 Å². The SMILES string of the molecule is CC1CC(Br)C(Br)CC1C(=O)O. The Morgan fingerprint density at radius 3 is 2.33 bits per heavy atom. The highest BCUT2D eigenvalue weighted by Gasteiger charge is 2.36. The molecule has 0 radical (unpaired) electrons. The van der Waals surface area contributed by atoms with Crippen LogP contribution in [0.5, 0.6) is 0 Å². The van der Waals surface area contributed by atoms with E-state index in [4.69, 9.17) is 5.11 Å². The molecule has 4 unspecified atom stereocenters. The van der Waals surface area contributed by atoms with Gasteiger partial charge in [-0.2, -0.15) is 0 Å². The van der Waals surface area contributed by atoms with Crippen molar-refractivity contribution in [3.8, 4) is 0 Å². The maximum absolute atomic E-state index is 10.8. The molecule has 2 nitrogen and oxygen atoms in total. The molecule has 0 aliphatic heterocycles. The summed E-state index contributed by atoms with van der Waals surface area (Å²) >= 11 is 7.01. The summed E-state index contributed by atoms with van der Waals surface area (Å²) in [5.41, 5.74) is 0. The van der Waals surface area contributed by atoms with Crippen molar-refractivity contribution in [3.63, 3.8) is 0 Å². The monoisotopic (exact) mass is 298 g/mol. The fourth-order valence-corrected chi connectivity index (χ4v) is 3.06. The predicted molar refractivity (Wildman–Crippen MR) is 55.0 cm³/mol. The zero-order valence-corrected chi connectivity index (χ0v) is 10.0. The van der Waals surface area contributed by atoms with Crippen molar-refractivity contribution in [2.45, 2.75) is 29.4 Å². The van der Waals surface area contributed by atoms with Crippen LogP contribution in [-0.4, -0.2) is 20.7 Å². The highest BCUT2D eigenvalue weighted by Crippen LogP contribution is 2.37. The first-order valence-corrected chi connectivity index (χ1v) is 5.86. The molecule has 1 fully saturated rings. The molecule has 12 heavy (non-hydrogen) atoms. The van der Waals surface area contributed by atoms with E-state index in [0.717, 1.165) is 12.8 Å². The molecule has 0 aromatic rings. The molecular formula is C8H12Br2O2. The first kappa shape index (κ1) is 10.5. The Kier molecular flexibility index (Phi) is 3.58. The van der Waals surface area contributed by atoms with Crippen molar-refractivity contribution < 1.29 is 9.90 Å². The largest absolute Gasteiger partial charge is 0.481 e. The number of carboxylic acids is 1. The molecule has 0 spiro atoms. The Balaban J connectivity index is 2.61. The summed E-state index contributed by atoms with van der Waals surface area (Å²) in [7, 11) is 0. The van der Waals surface area contributed by atoms with Crippen LogP contribution in [0.25, 0.3) is 0 Å². The minimum atomic E-state index is -0.661. The van der Waals surface area contributed by atoms with E-state index in [1.165, 1.54) is 0 Å². The summed E-state index contributed by atoms with van der Waals surface area (Å²) in [5.74, 6) is -0.560. The number of rotatable bonds is 1. The number of halogens is 2. The smallest absolute Gasteiger partial charge is 0.306 e. The lowest BCUT2D eigenvalue weighted by atomic mass is 9.80. The number of carbonyl (C=O) groups is 1. The van der Waals surface area contributed by atoms with Crippen molar-refractivity contribution in [2.75, 3.05) is 0 Å². The molecule has 1 rings (SSSR count). The van der Waals surface area contributed by atoms with Gasteiger partial charge in [-0.05, 0) is 18.8 Å². The van der Waals surface area contributed by atoms with Gasteiger partial charge in [0.05, 0.1) is 5.92 Å². The van der Waals surface area contributed by atoms with Gasteiger partial charge in [0.2, 0.25) is 0 Å². The van der Waals surface area contributed by atoms with Crippen molar-refractivity contribution in [1.29, 1.82) is 0 Å². The van der Waals surface area contributed by atoms with Crippen LogP contribution in [0.15, 0.2) is 0 Å². The number of hydrogen-bond donors (Lipinski definition) is 1. The van der Waals surface area contributed by atoms with Crippen LogP contribution < -0.4 is 0 Å². The van der Waals surface area contributed by atoms with Crippen LogP contribution >= 0.6 is 31.9 Å². The molecule has 1 saturated carbocycles. The van der Waals surface area contributed by atoms with Crippen molar-refractivity contribution in [3.05, 3.63) is 0 Å². The summed E-state index contributed by atoms with van der Waals surface area (Å²) in [5, 5.41) is 8.88. The molecule has 70 valence electrons. The number of aliphatic carboxylic acids is 1. The van der Waals surface area contributed by atoms with Crippen LogP contribution in [0.3, 0.4) is 0 Å². The Morgan fingerprint density at radius 2 is 1.83 bits per heavy atom. The van der Waals surface area contributed by atoms with E-state index in [0.29, 0.717) is 9.65 Å². The molecule has 0 bridgehead atoms. The summed E-state index contributed by atoms with van der Waals surface area (Å²) < 4.78 is 0. The molecule has 0 heterocycles. The second-order valence-electron chi connectivity index (χ2n) is 3.43. The van der Waals surface area contributed by atoms with Gasteiger partial charge in [-0.1, -0.05) is 38.8 Å². The van der Waals surface area contributed by atoms with E-state index in [2.05, 4.69) is 31.9 Å². The molecule has 4 atom stereocenters. The highest BCUT2D eigenvalue weighted by atomic mass is 79.9. The number of hydrogen-bond acceptors (Lipinski definition) is 1. The van der Waals surface area contributed by atoms with Gasteiger partial charge in [-0.25, -0.2) is 0 Å². The highest BCUT2D eigenvalue weighted by molar-refractivity contribution is 9.12. The van der Waals surface area contributed by atoms with E-state index in [1.807, 2.05) is 6.92 Å². The Morgan fingerprint density at radius 1 is 1.33 bits per heavy atom. The molecule has 1 aliphatic carbocycles. The average molecular weight is 300 g/mol. The van der Waals surface area contributed by atoms with Crippen LogP contribution in [0.4, 0.5) is 0 Å². The number of alkyl halides is 2. The molecule has 0 amide bonds. The van der Waals surface area contributed by atoms with Gasteiger partial charge in [0.1, 0.15) is 0 Å². The third-order valence-corrected chi connectivity index (χ3v) is 5.21. The molecule has 0 aromatic carbocycles. The van der Waals surface area contributed by atoms with Gasteiger partial charge in [-0.15, -0.1) is 0 Å². The minimum absolute atomic E-state index is 0.178. The third kappa shape index (κ3) is 2.22. The Hall–Kier alpha value is 0.430. The lowest BCUT2D eigenvalue weighted by Crippen LogP contribution is -2.35. The van der Waals surface area contributed by atoms with Crippen LogP contribution in [0, 0.1) is 11.8 Å². The lowest BCUT2D eigenvalue weighted by molar-refractivity contribution is -0.144. The van der Waals surface area contributed by atoms with Gasteiger partial charge < -0.3 is 5.11 Å². The predicted octanol–water partition coefficient (Wildman–Crippen LogP) is 2.64. The zero-order valence-electron chi connectivity index (χ0n) is 6.84. The normalized spacial score (nSPS) is 42.6. The zero-order chi connectivity index (χ0) is 9.30. The van der Waals surface area contributed by atoms with Crippen LogP contribution in [0.2, 0.25) is 0 Å². The van der Waals surface area contributed by atoms with Crippen molar-refractivity contribution in [1.82, 2.24) is 0 Å². The molecule has 4 heteroatoms. The maximum atomic E-state index is 10.8. The van der Waals surface area contributed by atoms with Gasteiger partial charge in [0.25, 0.3) is 0 Å². The molecule has 0 saturated heterocycles. The average Bonchev–Trinajstić information content (AvgIpc) is 1.96. The number of carboxylic acid groups (broad SMARTS) is 1. The van der Waals surface area contributed by atoms with E-state index in [1.54, 1.807) is 0 Å². The quantitative estimate of drug-likeness (QED) is 0.756. The van der Waals surface area contributed by atoms with E-state index < -0.39 is 5.97 Å². The van der Waals surface area contributed by atoms with E-state index in [9.17, 15) is 4.79 Å². The lowest BCUT2D eigenvalue weighted by Gasteiger charge is -2.32. The van der Waals surface area contributed by atoms with Gasteiger partial charge in [-0.3, -0.25) is 4.79 Å². The molecule has 1 aliphatic rings. The van der Waals surface area contributed by atoms with Gasteiger partial charge in [0, 0.05) is 9.65 Å². The van der Waals surface area contributed by atoms with E-state index >= 15 is 0 Å². The summed E-state index contributed by atoms with van der Waals surface area (Å²) in [4.78, 5) is 11.5. The van der Waals surface area contributed by atoms with Gasteiger partial charge in [0.15, 0.2) is 0 Å².